The fourth-order valence-corrected chi connectivity index (χ4v) is 1.43. The van der Waals surface area contributed by atoms with Crippen LogP contribution in [-0.2, 0) is 4.74 Å². The summed E-state index contributed by atoms with van der Waals surface area (Å²) in [6.45, 7) is 6.37. The quantitative estimate of drug-likeness (QED) is 0.449. The Hall–Kier alpha value is -0.0400. The van der Waals surface area contributed by atoms with Gasteiger partial charge in [-0.25, -0.2) is 0 Å². The molecule has 0 aromatic rings. The van der Waals surface area contributed by atoms with Gasteiger partial charge in [-0.05, 0) is 19.3 Å². The van der Waals surface area contributed by atoms with Crippen LogP contribution in [0.1, 0.15) is 65.2 Å². The van der Waals surface area contributed by atoms with Crippen LogP contribution < -0.4 is 0 Å². The van der Waals surface area contributed by atoms with Crippen LogP contribution in [0.3, 0.4) is 0 Å². The van der Waals surface area contributed by atoms with E-state index in [4.69, 9.17) is 4.74 Å². The van der Waals surface area contributed by atoms with Crippen LogP contribution in [0.15, 0.2) is 0 Å². The fraction of sp³-hybridized carbons (Fsp3) is 0.923. The van der Waals surface area contributed by atoms with Gasteiger partial charge < -0.3 is 4.74 Å². The van der Waals surface area contributed by atoms with E-state index < -0.39 is 0 Å². The Morgan fingerprint density at radius 2 is 1.57 bits per heavy atom. The van der Waals surface area contributed by atoms with Gasteiger partial charge in [-0.3, -0.25) is 0 Å². The van der Waals surface area contributed by atoms with E-state index >= 15 is 0 Å². The first-order chi connectivity index (χ1) is 6.91. The van der Waals surface area contributed by atoms with Crippen molar-refractivity contribution >= 4 is 0 Å². The van der Waals surface area contributed by atoms with Crippen molar-refractivity contribution in [2.24, 2.45) is 0 Å². The highest BCUT2D eigenvalue weighted by Crippen LogP contribution is 2.02. The summed E-state index contributed by atoms with van der Waals surface area (Å²) in [6.07, 6.45) is 12.6. The monoisotopic (exact) mass is 199 g/mol. The predicted molar refractivity (Wildman–Crippen MR) is 63.4 cm³/mol. The minimum Gasteiger partial charge on any atom is -0.381 e. The molecule has 0 fully saturated rings. The molecule has 0 atom stereocenters. The van der Waals surface area contributed by atoms with Gasteiger partial charge in [0.05, 0.1) is 0 Å². The van der Waals surface area contributed by atoms with Gasteiger partial charge in [0.2, 0.25) is 0 Å². The van der Waals surface area contributed by atoms with Crippen LogP contribution in [0.25, 0.3) is 0 Å². The maximum Gasteiger partial charge on any atom is 0.0466 e. The third kappa shape index (κ3) is 12.0. The largest absolute Gasteiger partial charge is 0.381 e. The molecule has 0 aromatic heterocycles. The first-order valence-electron chi connectivity index (χ1n) is 6.31. The Bertz CT molecular complexity index is 79.2. The Labute approximate surface area is 90.2 Å². The lowest BCUT2D eigenvalue weighted by molar-refractivity contribution is 0.126. The zero-order valence-corrected chi connectivity index (χ0v) is 10.1. The van der Waals surface area contributed by atoms with E-state index in [2.05, 4.69) is 20.3 Å². The second-order valence-electron chi connectivity index (χ2n) is 3.87. The van der Waals surface area contributed by atoms with Gasteiger partial charge in [-0.1, -0.05) is 52.4 Å². The molecule has 1 heteroatoms. The molecule has 0 aliphatic carbocycles. The molecule has 0 unspecified atom stereocenters. The molecule has 14 heavy (non-hydrogen) atoms. The van der Waals surface area contributed by atoms with Gasteiger partial charge in [0.15, 0.2) is 0 Å². The number of hydrogen-bond donors (Lipinski definition) is 0. The van der Waals surface area contributed by atoms with Crippen molar-refractivity contribution in [3.05, 3.63) is 6.42 Å². The first kappa shape index (κ1) is 14.0. The Balaban J connectivity index is 2.78. The molecule has 0 saturated carbocycles. The molecule has 0 N–H and O–H groups in total. The summed E-state index contributed by atoms with van der Waals surface area (Å²) < 4.78 is 5.55. The molecule has 0 amide bonds. The van der Waals surface area contributed by atoms with E-state index in [1.807, 2.05) is 0 Å². The van der Waals surface area contributed by atoms with Crippen LogP contribution in [0, 0.1) is 6.42 Å². The standard InChI is InChI=1S/C13H27O/c1-3-5-7-9-11-13-14-12-10-8-6-4-2/h5H,3-4,6-13H2,1-2H3. The maximum absolute atomic E-state index is 5.55. The van der Waals surface area contributed by atoms with Crippen molar-refractivity contribution in [3.63, 3.8) is 0 Å². The zero-order chi connectivity index (χ0) is 10.5. The van der Waals surface area contributed by atoms with Crippen molar-refractivity contribution in [3.8, 4) is 0 Å². The number of ether oxygens (including phenoxy) is 1. The Morgan fingerprint density at radius 3 is 2.21 bits per heavy atom. The zero-order valence-electron chi connectivity index (χ0n) is 10.1. The van der Waals surface area contributed by atoms with Gasteiger partial charge in [0.25, 0.3) is 0 Å². The Kier molecular flexibility index (Phi) is 12.9. The van der Waals surface area contributed by atoms with Crippen molar-refractivity contribution in [2.45, 2.75) is 65.2 Å². The summed E-state index contributed by atoms with van der Waals surface area (Å²) in [5, 5.41) is 0. The summed E-state index contributed by atoms with van der Waals surface area (Å²) in [7, 11) is 0. The molecular formula is C13H27O. The lowest BCUT2D eigenvalue weighted by atomic mass is 10.2. The number of unbranched alkanes of at least 4 members (excludes halogenated alkanes) is 7. The third-order valence-corrected chi connectivity index (χ3v) is 2.38. The summed E-state index contributed by atoms with van der Waals surface area (Å²) >= 11 is 0. The second-order valence-corrected chi connectivity index (χ2v) is 3.87. The van der Waals surface area contributed by atoms with E-state index in [1.54, 1.807) is 0 Å². The van der Waals surface area contributed by atoms with Crippen LogP contribution in [0.2, 0.25) is 0 Å². The van der Waals surface area contributed by atoms with Gasteiger partial charge in [-0.2, -0.15) is 0 Å². The third-order valence-electron chi connectivity index (χ3n) is 2.38. The van der Waals surface area contributed by atoms with Crippen LogP contribution >= 0.6 is 0 Å². The highest BCUT2D eigenvalue weighted by molar-refractivity contribution is 4.60. The molecule has 0 rings (SSSR count). The molecule has 1 nitrogen and oxygen atoms in total. The summed E-state index contributed by atoms with van der Waals surface area (Å²) in [5.74, 6) is 0. The van der Waals surface area contributed by atoms with E-state index in [0.717, 1.165) is 13.2 Å². The summed E-state index contributed by atoms with van der Waals surface area (Å²) in [5.41, 5.74) is 0. The average Bonchev–Trinajstić information content (AvgIpc) is 2.21. The summed E-state index contributed by atoms with van der Waals surface area (Å²) in [4.78, 5) is 0. The molecule has 0 saturated heterocycles. The van der Waals surface area contributed by atoms with E-state index in [1.165, 1.54) is 51.4 Å². The first-order valence-corrected chi connectivity index (χ1v) is 6.31. The highest BCUT2D eigenvalue weighted by atomic mass is 16.5. The molecule has 1 radical (unpaired) electrons. The smallest absolute Gasteiger partial charge is 0.0466 e. The predicted octanol–water partition coefficient (Wildman–Crippen LogP) is 4.37. The topological polar surface area (TPSA) is 9.23 Å². The normalized spacial score (nSPS) is 10.7. The lowest BCUT2D eigenvalue weighted by Gasteiger charge is -2.03. The van der Waals surface area contributed by atoms with Crippen molar-refractivity contribution in [1.82, 2.24) is 0 Å². The van der Waals surface area contributed by atoms with Gasteiger partial charge in [-0.15, -0.1) is 0 Å². The van der Waals surface area contributed by atoms with Crippen molar-refractivity contribution in [2.75, 3.05) is 13.2 Å². The van der Waals surface area contributed by atoms with Crippen LogP contribution in [0.5, 0.6) is 0 Å². The number of rotatable bonds is 11. The highest BCUT2D eigenvalue weighted by Gasteiger charge is 1.91. The molecule has 0 spiro atoms. The van der Waals surface area contributed by atoms with Crippen LogP contribution in [-0.4, -0.2) is 13.2 Å². The van der Waals surface area contributed by atoms with Gasteiger partial charge in [0, 0.05) is 13.2 Å². The second kappa shape index (κ2) is 13.0. The van der Waals surface area contributed by atoms with Crippen LogP contribution in [0.4, 0.5) is 0 Å². The van der Waals surface area contributed by atoms with Gasteiger partial charge in [0.1, 0.15) is 0 Å². The minimum absolute atomic E-state index is 0.962. The minimum atomic E-state index is 0.962. The lowest BCUT2D eigenvalue weighted by Crippen LogP contribution is -1.97. The molecule has 0 aliphatic rings. The van der Waals surface area contributed by atoms with E-state index in [0.29, 0.717) is 0 Å². The SMILES string of the molecule is CC[CH]CCCCOCCCCCC. The van der Waals surface area contributed by atoms with Gasteiger partial charge >= 0.3 is 0 Å². The van der Waals surface area contributed by atoms with Crippen molar-refractivity contribution < 1.29 is 4.74 Å². The molecule has 0 heterocycles. The molecule has 85 valence electrons. The van der Waals surface area contributed by atoms with E-state index in [-0.39, 0.29) is 0 Å². The molecule has 0 bridgehead atoms. The maximum atomic E-state index is 5.55. The number of hydrogen-bond acceptors (Lipinski definition) is 1. The fourth-order valence-electron chi connectivity index (χ4n) is 1.43. The van der Waals surface area contributed by atoms with E-state index in [9.17, 15) is 0 Å². The molecular weight excluding hydrogens is 172 g/mol. The summed E-state index contributed by atoms with van der Waals surface area (Å²) in [6, 6.07) is 0. The Morgan fingerprint density at radius 1 is 0.857 bits per heavy atom. The molecule has 0 aromatic carbocycles. The average molecular weight is 199 g/mol. The van der Waals surface area contributed by atoms with Crippen molar-refractivity contribution in [1.29, 1.82) is 0 Å². The molecule has 0 aliphatic heterocycles.